The second kappa shape index (κ2) is 27.3. The van der Waals surface area contributed by atoms with E-state index in [4.69, 9.17) is 24.9 Å². The zero-order chi connectivity index (χ0) is 77.2. The largest absolute Gasteiger partial charge is 0.309 e. The average molecular weight is 1480 g/mol. The fourth-order valence-electron chi connectivity index (χ4n) is 18.0. The number of para-hydroxylation sites is 4. The lowest BCUT2D eigenvalue weighted by Gasteiger charge is -2.19. The molecule has 0 aliphatic carbocycles. The first kappa shape index (κ1) is 67.7. The van der Waals surface area contributed by atoms with E-state index in [1.54, 1.807) is 0 Å². The predicted molar refractivity (Wildman–Crippen MR) is 481 cm³/mol. The maximum absolute atomic E-state index is 6.05. The third kappa shape index (κ3) is 11.3. The summed E-state index contributed by atoms with van der Waals surface area (Å²) >= 11 is 0. The van der Waals surface area contributed by atoms with Gasteiger partial charge in [-0.2, -0.15) is 0 Å². The molecule has 0 atom stereocenters. The van der Waals surface area contributed by atoms with E-state index in [-0.39, 0.29) is 0 Å². The number of pyridine rings is 2. The number of benzene rings is 15. The minimum absolute atomic E-state index is 0.484. The van der Waals surface area contributed by atoms with Crippen molar-refractivity contribution in [1.29, 1.82) is 0 Å². The Morgan fingerprint density at radius 3 is 0.776 bits per heavy atom. The Morgan fingerprint density at radius 2 is 0.448 bits per heavy atom. The van der Waals surface area contributed by atoms with Crippen LogP contribution in [0.1, 0.15) is 22.3 Å². The maximum atomic E-state index is 6.05. The Balaban J connectivity index is 0.813. The van der Waals surface area contributed by atoms with Gasteiger partial charge in [-0.25, -0.2) is 15.0 Å². The number of fused-ring (bicyclic) bond motifs is 12. The Bertz CT molecular complexity index is 7340. The van der Waals surface area contributed by atoms with Gasteiger partial charge in [0.05, 0.1) is 66.9 Å². The van der Waals surface area contributed by atoms with Crippen LogP contribution in [0.2, 0.25) is 0 Å². The smallest absolute Gasteiger partial charge is 0.166 e. The summed E-state index contributed by atoms with van der Waals surface area (Å²) in [5.74, 6) is 1.48. The maximum Gasteiger partial charge on any atom is 0.166 e. The summed E-state index contributed by atoms with van der Waals surface area (Å²) in [4.78, 5) is 27.6. The van der Waals surface area contributed by atoms with E-state index in [1.807, 2.05) is 30.9 Å². The van der Waals surface area contributed by atoms with Gasteiger partial charge in [-0.05, 0) is 193 Å². The fourth-order valence-corrected chi connectivity index (χ4v) is 18.0. The number of aryl methyl sites for hydroxylation is 4. The minimum atomic E-state index is 0.484. The first-order chi connectivity index (χ1) is 57.1. The zero-order valence-electron chi connectivity index (χ0n) is 64.2. The van der Waals surface area contributed by atoms with Crippen molar-refractivity contribution in [3.8, 4) is 124 Å². The highest BCUT2D eigenvalue weighted by Gasteiger charge is 2.27. The molecule has 546 valence electrons. The van der Waals surface area contributed by atoms with Gasteiger partial charge in [0.15, 0.2) is 17.5 Å². The molecule has 7 aromatic heterocycles. The van der Waals surface area contributed by atoms with Crippen LogP contribution in [0.15, 0.2) is 371 Å². The Kier molecular flexibility index (Phi) is 15.9. The van der Waals surface area contributed by atoms with E-state index in [0.717, 1.165) is 182 Å². The van der Waals surface area contributed by atoms with Gasteiger partial charge in [-0.1, -0.05) is 259 Å². The quantitative estimate of drug-likeness (QED) is 0.115. The lowest BCUT2D eigenvalue weighted by Crippen LogP contribution is -2.06. The highest BCUT2D eigenvalue weighted by Crippen LogP contribution is 2.47. The zero-order valence-corrected chi connectivity index (χ0v) is 64.2. The molecule has 0 N–H and O–H groups in total. The highest BCUT2D eigenvalue weighted by molar-refractivity contribution is 6.15. The molecule has 22 rings (SSSR count). The second-order valence-corrected chi connectivity index (χ2v) is 30.7. The first-order valence-electron chi connectivity index (χ1n) is 39.6. The van der Waals surface area contributed by atoms with Crippen LogP contribution < -0.4 is 0 Å². The van der Waals surface area contributed by atoms with Crippen molar-refractivity contribution < 1.29 is 0 Å². The van der Waals surface area contributed by atoms with Gasteiger partial charge in [-0.3, -0.25) is 9.97 Å². The van der Waals surface area contributed by atoms with Crippen LogP contribution in [-0.2, 0) is 0 Å². The normalized spacial score (nSPS) is 11.8. The van der Waals surface area contributed by atoms with Gasteiger partial charge in [0.2, 0.25) is 0 Å². The molecule has 0 bridgehead atoms. The number of rotatable bonds is 13. The van der Waals surface area contributed by atoms with Gasteiger partial charge in [0.25, 0.3) is 0 Å². The van der Waals surface area contributed by atoms with Crippen LogP contribution in [0.4, 0.5) is 0 Å². The molecule has 22 aromatic rings. The summed E-state index contributed by atoms with van der Waals surface area (Å²) in [5.41, 5.74) is 32.6. The molecule has 0 fully saturated rings. The van der Waals surface area contributed by atoms with Gasteiger partial charge in [0, 0.05) is 95.7 Å². The Morgan fingerprint density at radius 1 is 0.181 bits per heavy atom. The second-order valence-electron chi connectivity index (χ2n) is 30.7. The van der Waals surface area contributed by atoms with Gasteiger partial charge in [0.1, 0.15) is 0 Å². The van der Waals surface area contributed by atoms with Crippen molar-refractivity contribution in [3.05, 3.63) is 393 Å². The third-order valence-electron chi connectivity index (χ3n) is 23.4. The summed E-state index contributed by atoms with van der Waals surface area (Å²) in [5, 5.41) is 9.16. The van der Waals surface area contributed by atoms with Crippen LogP contribution in [0.5, 0.6) is 0 Å². The van der Waals surface area contributed by atoms with Gasteiger partial charge in [-0.15, -0.1) is 0 Å². The van der Waals surface area contributed by atoms with Crippen LogP contribution in [-0.4, -0.2) is 43.2 Å². The predicted octanol–water partition coefficient (Wildman–Crippen LogP) is 27.3. The SMILES string of the molecule is Cc1cccc(-c2ccc3c(c2)c2ccccc2n3-c2ccncc2-c2ccc(-n3c4ccccc4c4cc(-c5cccc(C)c5)ccc43)c(-c3nc(-c4ccccc4)nc(-c4cc(-c5cnccc5-n5c6ccccc6c6cc(-c7cccc(C)c7)ccc65)ccc4-n4c5ccccc5c5cc(-c6cccc(C)c6)ccc54)n3)c2)c1. The average Bonchev–Trinajstić information content (AvgIpc) is 1.56. The van der Waals surface area contributed by atoms with Crippen molar-refractivity contribution in [3.63, 3.8) is 0 Å². The standard InChI is InChI=1S/C107H73N9/c1-66-20-16-26-71(54-66)75-38-44-97-85(58-75)81-30-8-12-34-93(81)113(97)101-48-42-79(91-64-108-52-50-103(91)115-95-36-14-10-32-83(95)87-60-77(40-46-99(87)115)73-28-18-22-68(3)56-73)62-89(101)106-110-105(70-24-6-5-7-25-70)111-107(112-106)90-63-80(43-49-102(90)114-94-35-13-9-31-82(94)86-59-76(39-45-98(86)114)72-27-17-21-67(2)55-72)92-65-109-53-51-104(92)116-96-37-15-11-33-84(96)88-61-78(41-47-100(88)116)74-29-19-23-69(4)57-74/h5-65H,1-4H3. The molecule has 0 aliphatic heterocycles. The molecule has 0 radical (unpaired) electrons. The first-order valence-corrected chi connectivity index (χ1v) is 39.6. The summed E-state index contributed by atoms with van der Waals surface area (Å²) < 4.78 is 9.64. The van der Waals surface area contributed by atoms with E-state index in [1.165, 1.54) is 33.4 Å². The van der Waals surface area contributed by atoms with Crippen LogP contribution >= 0.6 is 0 Å². The molecule has 0 saturated heterocycles. The Labute approximate surface area is 670 Å². The van der Waals surface area contributed by atoms with Gasteiger partial charge < -0.3 is 18.3 Å². The molecule has 0 saturated carbocycles. The number of aromatic nitrogens is 9. The molecular weight excluding hydrogens is 1410 g/mol. The summed E-state index contributed by atoms with van der Waals surface area (Å²) in [6.45, 7) is 8.63. The van der Waals surface area contributed by atoms with E-state index >= 15 is 0 Å². The molecule has 9 nitrogen and oxygen atoms in total. The number of hydrogen-bond donors (Lipinski definition) is 0. The van der Waals surface area contributed by atoms with E-state index in [9.17, 15) is 0 Å². The Hall–Kier alpha value is -15.2. The lowest BCUT2D eigenvalue weighted by molar-refractivity contribution is 1.06. The van der Waals surface area contributed by atoms with Crippen LogP contribution in [0.3, 0.4) is 0 Å². The van der Waals surface area contributed by atoms with E-state index < -0.39 is 0 Å². The molecule has 0 spiro atoms. The van der Waals surface area contributed by atoms with Crippen molar-refractivity contribution in [2.24, 2.45) is 0 Å². The molecule has 116 heavy (non-hydrogen) atoms. The van der Waals surface area contributed by atoms with Crippen molar-refractivity contribution in [1.82, 2.24) is 43.2 Å². The molecule has 0 amide bonds. The fraction of sp³-hybridized carbons (Fsp3) is 0.0374. The highest BCUT2D eigenvalue weighted by atomic mass is 15.1. The lowest BCUT2D eigenvalue weighted by atomic mass is 9.99. The van der Waals surface area contributed by atoms with Crippen LogP contribution in [0.25, 0.3) is 211 Å². The van der Waals surface area contributed by atoms with Crippen LogP contribution in [0, 0.1) is 27.7 Å². The number of hydrogen-bond acceptors (Lipinski definition) is 5. The summed E-state index contributed by atoms with van der Waals surface area (Å²) in [7, 11) is 0. The van der Waals surface area contributed by atoms with Crippen molar-refractivity contribution in [2.45, 2.75) is 27.7 Å². The number of nitrogens with zero attached hydrogens (tertiary/aromatic N) is 9. The molecule has 0 aliphatic rings. The van der Waals surface area contributed by atoms with E-state index in [0.29, 0.717) is 17.5 Å². The molecular formula is C107H73N9. The molecule has 15 aromatic carbocycles. The topological polar surface area (TPSA) is 84.2 Å². The summed E-state index contributed by atoms with van der Waals surface area (Å²) in [6, 6.07) is 126. The molecule has 0 unspecified atom stereocenters. The van der Waals surface area contributed by atoms with E-state index in [2.05, 4.69) is 386 Å². The third-order valence-corrected chi connectivity index (χ3v) is 23.4. The molecule has 7 heterocycles. The minimum Gasteiger partial charge on any atom is -0.309 e. The van der Waals surface area contributed by atoms with Crippen molar-refractivity contribution >= 4 is 87.2 Å². The molecule has 9 heteroatoms. The van der Waals surface area contributed by atoms with Gasteiger partial charge >= 0.3 is 0 Å². The van der Waals surface area contributed by atoms with Crippen molar-refractivity contribution in [2.75, 3.05) is 0 Å². The monoisotopic (exact) mass is 1480 g/mol. The summed E-state index contributed by atoms with van der Waals surface area (Å²) in [6.07, 6.45) is 7.85.